The molecule has 4 rings (SSSR count). The topological polar surface area (TPSA) is 21.3 Å². The normalized spacial score (nSPS) is 43.8. The van der Waals surface area contributed by atoms with Crippen LogP contribution in [0, 0.1) is 11.3 Å². The average molecular weight is 181 g/mol. The quantitative estimate of drug-likeness (QED) is 0.713. The van der Waals surface area contributed by atoms with E-state index >= 15 is 0 Å². The van der Waals surface area contributed by atoms with Gasteiger partial charge in [-0.3, -0.25) is 0 Å². The van der Waals surface area contributed by atoms with Gasteiger partial charge in [-0.2, -0.15) is 0 Å². The van der Waals surface area contributed by atoms with Gasteiger partial charge in [0.15, 0.2) is 0 Å². The number of nitrogens with one attached hydrogen (secondary N) is 1. The Bertz CT molecular complexity index is 181. The second-order valence-corrected chi connectivity index (χ2v) is 5.24. The largest absolute Gasteiger partial charge is 0.378 e. The Labute approximate surface area is 80.0 Å². The highest BCUT2D eigenvalue weighted by molar-refractivity contribution is 5.06. The lowest BCUT2D eigenvalue weighted by Gasteiger charge is -2.62. The zero-order valence-electron chi connectivity index (χ0n) is 8.22. The van der Waals surface area contributed by atoms with Crippen LogP contribution < -0.4 is 5.32 Å². The molecule has 1 saturated heterocycles. The highest BCUT2D eigenvalue weighted by atomic mass is 16.5. The van der Waals surface area contributed by atoms with Crippen LogP contribution in [0.4, 0.5) is 0 Å². The third-order valence-corrected chi connectivity index (χ3v) is 4.08. The molecule has 0 radical (unpaired) electrons. The van der Waals surface area contributed by atoms with Crippen molar-refractivity contribution in [2.24, 2.45) is 11.3 Å². The molecule has 1 aliphatic heterocycles. The minimum Gasteiger partial charge on any atom is -0.378 e. The molecule has 0 amide bonds. The zero-order chi connectivity index (χ0) is 8.73. The van der Waals surface area contributed by atoms with E-state index in [1.54, 1.807) is 0 Å². The van der Waals surface area contributed by atoms with Gasteiger partial charge in [0.2, 0.25) is 0 Å². The lowest BCUT2D eigenvalue weighted by atomic mass is 9.45. The van der Waals surface area contributed by atoms with Gasteiger partial charge in [-0.25, -0.2) is 0 Å². The van der Waals surface area contributed by atoms with E-state index in [2.05, 4.69) is 5.32 Å². The summed E-state index contributed by atoms with van der Waals surface area (Å²) in [5, 5.41) is 3.37. The smallest absolute Gasteiger partial charge is 0.0599 e. The number of ether oxygens (including phenoxy) is 1. The molecule has 0 spiro atoms. The minimum atomic E-state index is 0.565. The van der Waals surface area contributed by atoms with Crippen molar-refractivity contribution in [3.63, 3.8) is 0 Å². The standard InChI is InChI=1S/C11H19NO/c1-3-12-4-2-10(1)13-8-11-5-9(6-11)7-11/h9-10,12H,1-8H2. The van der Waals surface area contributed by atoms with E-state index < -0.39 is 0 Å². The monoisotopic (exact) mass is 181 g/mol. The summed E-state index contributed by atoms with van der Waals surface area (Å²) in [6, 6.07) is 0. The third-order valence-electron chi connectivity index (χ3n) is 4.08. The predicted molar refractivity (Wildman–Crippen MR) is 51.6 cm³/mol. The number of hydrogen-bond acceptors (Lipinski definition) is 2. The van der Waals surface area contributed by atoms with Crippen molar-refractivity contribution in [2.75, 3.05) is 19.7 Å². The maximum absolute atomic E-state index is 5.99. The lowest BCUT2D eigenvalue weighted by Crippen LogP contribution is -2.55. The van der Waals surface area contributed by atoms with Crippen LogP contribution in [0.5, 0.6) is 0 Å². The number of hydrogen-bond donors (Lipinski definition) is 1. The van der Waals surface area contributed by atoms with Crippen LogP contribution in [-0.4, -0.2) is 25.8 Å². The van der Waals surface area contributed by atoms with E-state index in [1.165, 1.54) is 32.1 Å². The first-order chi connectivity index (χ1) is 6.36. The summed E-state index contributed by atoms with van der Waals surface area (Å²) < 4.78 is 5.99. The SMILES string of the molecule is C1CC(OCC23CC(C2)C3)CCN1. The molecule has 0 aromatic heterocycles. The van der Waals surface area contributed by atoms with E-state index in [1.807, 2.05) is 0 Å². The first-order valence-electron chi connectivity index (χ1n) is 5.69. The maximum Gasteiger partial charge on any atom is 0.0599 e. The van der Waals surface area contributed by atoms with Crippen LogP contribution in [0.2, 0.25) is 0 Å². The van der Waals surface area contributed by atoms with Crippen molar-refractivity contribution in [1.82, 2.24) is 5.32 Å². The van der Waals surface area contributed by atoms with E-state index in [4.69, 9.17) is 4.74 Å². The highest BCUT2D eigenvalue weighted by Gasteiger charge is 2.56. The molecule has 0 unspecified atom stereocenters. The van der Waals surface area contributed by atoms with Gasteiger partial charge in [-0.1, -0.05) is 0 Å². The molecule has 0 aromatic rings. The Hall–Kier alpha value is -0.0800. The lowest BCUT2D eigenvalue weighted by molar-refractivity contribution is -0.168. The van der Waals surface area contributed by atoms with E-state index in [0.717, 1.165) is 25.6 Å². The molecule has 1 heterocycles. The van der Waals surface area contributed by atoms with Crippen molar-refractivity contribution in [3.8, 4) is 0 Å². The molecule has 4 aliphatic rings. The molecule has 3 aliphatic carbocycles. The average Bonchev–Trinajstić information content (AvgIpc) is 2.01. The molecule has 13 heavy (non-hydrogen) atoms. The molecular weight excluding hydrogens is 162 g/mol. The summed E-state index contributed by atoms with van der Waals surface area (Å²) >= 11 is 0. The van der Waals surface area contributed by atoms with Crippen LogP contribution in [0.3, 0.4) is 0 Å². The molecular formula is C11H19NO. The van der Waals surface area contributed by atoms with Crippen molar-refractivity contribution < 1.29 is 4.74 Å². The summed E-state index contributed by atoms with van der Waals surface area (Å²) in [4.78, 5) is 0. The van der Waals surface area contributed by atoms with Crippen molar-refractivity contribution in [1.29, 1.82) is 0 Å². The molecule has 1 N–H and O–H groups in total. The maximum atomic E-state index is 5.99. The molecule has 2 bridgehead atoms. The van der Waals surface area contributed by atoms with E-state index in [0.29, 0.717) is 11.5 Å². The summed E-state index contributed by atoms with van der Waals surface area (Å²) in [6.07, 6.45) is 7.42. The number of piperidine rings is 1. The van der Waals surface area contributed by atoms with Gasteiger partial charge in [0.05, 0.1) is 12.7 Å². The molecule has 3 saturated carbocycles. The van der Waals surface area contributed by atoms with Crippen LogP contribution in [0.25, 0.3) is 0 Å². The minimum absolute atomic E-state index is 0.565. The first-order valence-corrected chi connectivity index (χ1v) is 5.69. The van der Waals surface area contributed by atoms with Crippen molar-refractivity contribution in [3.05, 3.63) is 0 Å². The van der Waals surface area contributed by atoms with Crippen molar-refractivity contribution in [2.45, 2.75) is 38.2 Å². The summed E-state index contributed by atoms with van der Waals surface area (Å²) in [5.41, 5.74) is 0.676. The van der Waals surface area contributed by atoms with Gasteiger partial charge >= 0.3 is 0 Å². The van der Waals surface area contributed by atoms with Gasteiger partial charge in [0, 0.05) is 0 Å². The zero-order valence-corrected chi connectivity index (χ0v) is 8.22. The number of rotatable bonds is 3. The third kappa shape index (κ3) is 1.40. The van der Waals surface area contributed by atoms with Gasteiger partial charge < -0.3 is 10.1 Å². The Kier molecular flexibility index (Phi) is 1.88. The van der Waals surface area contributed by atoms with Gasteiger partial charge in [-0.15, -0.1) is 0 Å². The van der Waals surface area contributed by atoms with Crippen LogP contribution in [-0.2, 0) is 4.74 Å². The molecule has 74 valence electrons. The molecule has 2 heteroatoms. The van der Waals surface area contributed by atoms with Crippen molar-refractivity contribution >= 4 is 0 Å². The molecule has 0 atom stereocenters. The van der Waals surface area contributed by atoms with Gasteiger partial charge in [0.1, 0.15) is 0 Å². The Balaban J connectivity index is 1.42. The van der Waals surface area contributed by atoms with Gasteiger partial charge in [-0.05, 0) is 56.5 Å². The second-order valence-electron chi connectivity index (χ2n) is 5.24. The van der Waals surface area contributed by atoms with E-state index in [9.17, 15) is 0 Å². The Morgan fingerprint density at radius 3 is 2.38 bits per heavy atom. The first kappa shape index (κ1) is 8.25. The Morgan fingerprint density at radius 2 is 1.85 bits per heavy atom. The van der Waals surface area contributed by atoms with Crippen LogP contribution >= 0.6 is 0 Å². The highest BCUT2D eigenvalue weighted by Crippen LogP contribution is 2.64. The Morgan fingerprint density at radius 1 is 1.15 bits per heavy atom. The summed E-state index contributed by atoms with van der Waals surface area (Å²) in [5.74, 6) is 1.09. The molecule has 4 fully saturated rings. The molecule has 2 nitrogen and oxygen atoms in total. The van der Waals surface area contributed by atoms with Crippen LogP contribution in [0.1, 0.15) is 32.1 Å². The fourth-order valence-electron chi connectivity index (χ4n) is 3.09. The van der Waals surface area contributed by atoms with Crippen LogP contribution in [0.15, 0.2) is 0 Å². The summed E-state index contributed by atoms with van der Waals surface area (Å²) in [6.45, 7) is 3.37. The predicted octanol–water partition coefficient (Wildman–Crippen LogP) is 1.56. The fourth-order valence-corrected chi connectivity index (χ4v) is 3.09. The summed E-state index contributed by atoms with van der Waals surface area (Å²) in [7, 11) is 0. The van der Waals surface area contributed by atoms with Gasteiger partial charge in [0.25, 0.3) is 0 Å². The molecule has 0 aromatic carbocycles. The second kappa shape index (κ2) is 2.96. The van der Waals surface area contributed by atoms with E-state index in [-0.39, 0.29) is 0 Å². The fraction of sp³-hybridized carbons (Fsp3) is 1.00.